The van der Waals surface area contributed by atoms with Crippen molar-refractivity contribution in [2.24, 2.45) is 23.2 Å². The van der Waals surface area contributed by atoms with Crippen molar-refractivity contribution in [3.05, 3.63) is 23.3 Å². The molecule has 1 heterocycles. The van der Waals surface area contributed by atoms with E-state index in [-0.39, 0.29) is 11.3 Å². The number of hydrogen-bond acceptors (Lipinski definition) is 4. The molecule has 4 heteroatoms. The number of ether oxygens (including phenoxy) is 1. The molecule has 102 valence electrons. The zero-order valence-corrected chi connectivity index (χ0v) is 11.1. The minimum atomic E-state index is -1.61. The summed E-state index contributed by atoms with van der Waals surface area (Å²) in [7, 11) is 0. The van der Waals surface area contributed by atoms with E-state index in [0.29, 0.717) is 29.4 Å². The van der Waals surface area contributed by atoms with E-state index in [9.17, 15) is 15.0 Å². The third-order valence-electron chi connectivity index (χ3n) is 5.85. The first kappa shape index (κ1) is 11.7. The first-order chi connectivity index (χ1) is 8.79. The number of aliphatic hydroxyl groups excluding tert-OH is 1. The summed E-state index contributed by atoms with van der Waals surface area (Å²) in [6.45, 7) is 7.84. The number of aliphatic hydroxyl groups is 2. The van der Waals surface area contributed by atoms with Crippen LogP contribution in [0.4, 0.5) is 0 Å². The highest BCUT2D eigenvalue weighted by molar-refractivity contribution is 5.92. The number of carbonyl (C=O) groups excluding carboxylic acids is 1. The van der Waals surface area contributed by atoms with E-state index in [4.69, 9.17) is 4.74 Å². The van der Waals surface area contributed by atoms with E-state index in [1.807, 2.05) is 0 Å². The fourth-order valence-electron chi connectivity index (χ4n) is 4.98. The van der Waals surface area contributed by atoms with Gasteiger partial charge in [0.1, 0.15) is 0 Å². The Morgan fingerprint density at radius 3 is 2.84 bits per heavy atom. The Morgan fingerprint density at radius 2 is 2.16 bits per heavy atom. The number of rotatable bonds is 0. The Balaban J connectivity index is 1.88. The zero-order chi connectivity index (χ0) is 13.7. The minimum Gasteiger partial charge on any atom is -0.426 e. The van der Waals surface area contributed by atoms with Crippen LogP contribution in [-0.2, 0) is 9.53 Å². The largest absolute Gasteiger partial charge is 0.426 e. The van der Waals surface area contributed by atoms with Gasteiger partial charge in [0.25, 0.3) is 0 Å². The summed E-state index contributed by atoms with van der Waals surface area (Å²) in [5.74, 6) is -1.24. The number of carbonyl (C=O) groups is 1. The highest BCUT2D eigenvalue weighted by Crippen LogP contribution is 2.73. The molecule has 1 aliphatic heterocycles. The third-order valence-corrected chi connectivity index (χ3v) is 5.85. The molecule has 4 aliphatic rings. The first-order valence-corrected chi connectivity index (χ1v) is 6.83. The smallest absolute Gasteiger partial charge is 0.336 e. The predicted octanol–water partition coefficient (Wildman–Crippen LogP) is 1.14. The Kier molecular flexibility index (Phi) is 1.82. The van der Waals surface area contributed by atoms with Crippen molar-refractivity contribution in [2.75, 3.05) is 0 Å². The van der Waals surface area contributed by atoms with Gasteiger partial charge >= 0.3 is 5.97 Å². The molecule has 0 aromatic carbocycles. The van der Waals surface area contributed by atoms with Crippen molar-refractivity contribution in [2.45, 2.75) is 38.6 Å². The van der Waals surface area contributed by atoms with Gasteiger partial charge in [-0.15, -0.1) is 0 Å². The van der Waals surface area contributed by atoms with Gasteiger partial charge in [0, 0.05) is 23.5 Å². The van der Waals surface area contributed by atoms with E-state index in [2.05, 4.69) is 13.5 Å². The van der Waals surface area contributed by atoms with Gasteiger partial charge in [-0.2, -0.15) is 0 Å². The van der Waals surface area contributed by atoms with E-state index in [0.717, 1.165) is 12.0 Å². The van der Waals surface area contributed by atoms with Gasteiger partial charge in [-0.3, -0.25) is 0 Å². The Morgan fingerprint density at radius 1 is 1.47 bits per heavy atom. The molecule has 3 saturated carbocycles. The molecule has 19 heavy (non-hydrogen) atoms. The van der Waals surface area contributed by atoms with Gasteiger partial charge in [-0.25, -0.2) is 4.79 Å². The summed E-state index contributed by atoms with van der Waals surface area (Å²) in [6, 6.07) is 0. The summed E-state index contributed by atoms with van der Waals surface area (Å²) in [6.07, 6.45) is 0.608. The number of esters is 1. The minimum absolute atomic E-state index is 0.0593. The predicted molar refractivity (Wildman–Crippen MR) is 66.7 cm³/mol. The van der Waals surface area contributed by atoms with Crippen LogP contribution in [0.2, 0.25) is 0 Å². The molecule has 2 N–H and O–H groups in total. The molecule has 4 rings (SSSR count). The van der Waals surface area contributed by atoms with Crippen LogP contribution in [-0.4, -0.2) is 28.1 Å². The molecule has 0 bridgehead atoms. The number of fused-ring (bicyclic) bond motifs is 4. The third kappa shape index (κ3) is 1.11. The normalized spacial score (nSPS) is 54.7. The number of hydrogen-bond donors (Lipinski definition) is 2. The van der Waals surface area contributed by atoms with Gasteiger partial charge in [0.05, 0.1) is 6.10 Å². The maximum Gasteiger partial charge on any atom is 0.336 e. The molecular weight excluding hydrogens is 244 g/mol. The Labute approximate surface area is 111 Å². The SMILES string of the molecule is C=C1[C@H]2C[C@H]2[C@]2(C)CC3(O)OC(=O)C(C)=C3[C@H](O)[C@@H]12. The van der Waals surface area contributed by atoms with E-state index < -0.39 is 17.9 Å². The van der Waals surface area contributed by atoms with Crippen LogP contribution in [0.15, 0.2) is 23.3 Å². The van der Waals surface area contributed by atoms with Gasteiger partial charge in [0.2, 0.25) is 5.79 Å². The topological polar surface area (TPSA) is 66.8 Å². The van der Waals surface area contributed by atoms with Crippen LogP contribution in [0.1, 0.15) is 26.7 Å². The van der Waals surface area contributed by atoms with Gasteiger partial charge < -0.3 is 14.9 Å². The molecule has 3 fully saturated rings. The van der Waals surface area contributed by atoms with Crippen molar-refractivity contribution in [1.29, 1.82) is 0 Å². The lowest BCUT2D eigenvalue weighted by Gasteiger charge is -2.48. The molecule has 3 aliphatic carbocycles. The standard InChI is InChI=1S/C15H18O4/c1-6-8-4-9(8)14(3)5-15(18)11(12(16)10(6)14)7(2)13(17)19-15/h8-10,12,16,18H,1,4-5H2,2-3H3/t8-,9-,10-,12-,14+,15?/m1/s1. The lowest BCUT2D eigenvalue weighted by molar-refractivity contribution is -0.211. The second kappa shape index (κ2) is 2.96. The maximum absolute atomic E-state index is 11.7. The van der Waals surface area contributed by atoms with Gasteiger partial charge in [0.15, 0.2) is 0 Å². The fourth-order valence-corrected chi connectivity index (χ4v) is 4.98. The van der Waals surface area contributed by atoms with E-state index in [1.165, 1.54) is 0 Å². The molecule has 4 nitrogen and oxygen atoms in total. The molecular formula is C15H18O4. The molecule has 1 unspecified atom stereocenters. The van der Waals surface area contributed by atoms with Crippen molar-refractivity contribution >= 4 is 5.97 Å². The average molecular weight is 262 g/mol. The zero-order valence-electron chi connectivity index (χ0n) is 11.1. The molecule has 0 saturated heterocycles. The molecule has 0 amide bonds. The van der Waals surface area contributed by atoms with Crippen molar-refractivity contribution < 1.29 is 19.7 Å². The first-order valence-electron chi connectivity index (χ1n) is 6.83. The van der Waals surface area contributed by atoms with Crippen LogP contribution in [0.5, 0.6) is 0 Å². The van der Waals surface area contributed by atoms with Crippen LogP contribution >= 0.6 is 0 Å². The van der Waals surface area contributed by atoms with Crippen molar-refractivity contribution in [3.63, 3.8) is 0 Å². The monoisotopic (exact) mass is 262 g/mol. The van der Waals surface area contributed by atoms with Gasteiger partial charge in [-0.1, -0.05) is 19.1 Å². The van der Waals surface area contributed by atoms with E-state index >= 15 is 0 Å². The summed E-state index contributed by atoms with van der Waals surface area (Å²) in [5, 5.41) is 21.3. The second-order valence-corrected chi connectivity index (χ2v) is 6.84. The van der Waals surface area contributed by atoms with Crippen LogP contribution in [0.25, 0.3) is 0 Å². The summed E-state index contributed by atoms with van der Waals surface area (Å²) < 4.78 is 5.16. The summed E-state index contributed by atoms with van der Waals surface area (Å²) >= 11 is 0. The molecule has 0 radical (unpaired) electrons. The second-order valence-electron chi connectivity index (χ2n) is 6.84. The average Bonchev–Trinajstić information content (AvgIpc) is 2.98. The molecule has 0 spiro atoms. The van der Waals surface area contributed by atoms with E-state index in [1.54, 1.807) is 6.92 Å². The Bertz CT molecular complexity index is 562. The van der Waals surface area contributed by atoms with Crippen LogP contribution < -0.4 is 0 Å². The van der Waals surface area contributed by atoms with Crippen molar-refractivity contribution in [1.82, 2.24) is 0 Å². The molecule has 0 aromatic heterocycles. The lowest BCUT2D eigenvalue weighted by Crippen LogP contribution is -2.53. The van der Waals surface area contributed by atoms with Gasteiger partial charge in [-0.05, 0) is 30.6 Å². The maximum atomic E-state index is 11.7. The lowest BCUT2D eigenvalue weighted by atomic mass is 9.60. The molecule has 6 atom stereocenters. The fraction of sp³-hybridized carbons (Fsp3) is 0.667. The summed E-state index contributed by atoms with van der Waals surface area (Å²) in [5.41, 5.74) is 1.58. The highest BCUT2D eigenvalue weighted by Gasteiger charge is 2.71. The van der Waals surface area contributed by atoms with Crippen LogP contribution in [0.3, 0.4) is 0 Å². The van der Waals surface area contributed by atoms with Crippen LogP contribution in [0, 0.1) is 23.2 Å². The summed E-state index contributed by atoms with van der Waals surface area (Å²) in [4.78, 5) is 11.7. The Hall–Kier alpha value is -1.13. The van der Waals surface area contributed by atoms with Crippen molar-refractivity contribution in [3.8, 4) is 0 Å². The highest BCUT2D eigenvalue weighted by atomic mass is 16.7. The molecule has 0 aromatic rings. The quantitative estimate of drug-likeness (QED) is 0.507.